The molecule has 1 amide bonds. The van der Waals surface area contributed by atoms with Crippen molar-refractivity contribution in [3.63, 3.8) is 0 Å². The lowest BCUT2D eigenvalue weighted by atomic mass is 10.1. The van der Waals surface area contributed by atoms with E-state index in [1.54, 1.807) is 13.8 Å². The number of carboxylic acid groups (broad SMARTS) is 1. The van der Waals surface area contributed by atoms with Crippen molar-refractivity contribution in [1.82, 2.24) is 10.2 Å². The van der Waals surface area contributed by atoms with Gasteiger partial charge in [-0.15, -0.1) is 10.2 Å². The summed E-state index contributed by atoms with van der Waals surface area (Å²) in [5, 5.41) is 20.9. The van der Waals surface area contributed by atoms with Crippen molar-refractivity contribution >= 4 is 28.3 Å². The first kappa shape index (κ1) is 13.9. The maximum Gasteiger partial charge on any atom is 0.307 e. The van der Waals surface area contributed by atoms with E-state index < -0.39 is 23.2 Å². The second-order valence-electron chi connectivity index (χ2n) is 5.36. The van der Waals surface area contributed by atoms with Crippen LogP contribution in [0.15, 0.2) is 0 Å². The highest BCUT2D eigenvalue weighted by atomic mass is 32.1. The molecule has 1 aliphatic rings. The first-order valence-corrected chi connectivity index (χ1v) is 7.05. The fourth-order valence-electron chi connectivity index (χ4n) is 2.39. The number of carboxylic acids is 1. The number of rotatable bonds is 5. The van der Waals surface area contributed by atoms with Gasteiger partial charge in [0.05, 0.1) is 11.8 Å². The van der Waals surface area contributed by atoms with E-state index in [1.165, 1.54) is 11.3 Å². The number of nitrogens with one attached hydrogen (secondary N) is 1. The quantitative estimate of drug-likeness (QED) is 0.859. The molecule has 2 rings (SSSR count). The second kappa shape index (κ2) is 4.88. The number of nitrogens with zero attached hydrogens (tertiary/aromatic N) is 2. The van der Waals surface area contributed by atoms with E-state index in [4.69, 9.17) is 5.11 Å². The van der Waals surface area contributed by atoms with Gasteiger partial charge in [0.1, 0.15) is 5.01 Å². The topological polar surface area (TPSA) is 92.2 Å². The van der Waals surface area contributed by atoms with Crippen LogP contribution in [-0.4, -0.2) is 27.2 Å². The molecule has 0 spiro atoms. The molecule has 0 unspecified atom stereocenters. The van der Waals surface area contributed by atoms with Crippen LogP contribution in [0.2, 0.25) is 0 Å². The summed E-state index contributed by atoms with van der Waals surface area (Å²) in [4.78, 5) is 23.1. The van der Waals surface area contributed by atoms with Crippen LogP contribution in [0.5, 0.6) is 0 Å². The van der Waals surface area contributed by atoms with Crippen molar-refractivity contribution < 1.29 is 14.7 Å². The van der Waals surface area contributed by atoms with Crippen molar-refractivity contribution in [2.45, 2.75) is 33.6 Å². The van der Waals surface area contributed by atoms with Crippen LogP contribution in [0.1, 0.15) is 32.2 Å². The third kappa shape index (κ3) is 2.60. The van der Waals surface area contributed by atoms with E-state index in [1.807, 2.05) is 6.92 Å². The number of amides is 1. The van der Waals surface area contributed by atoms with Crippen LogP contribution >= 0.6 is 11.3 Å². The monoisotopic (exact) mass is 283 g/mol. The Bertz CT molecular complexity index is 512. The zero-order valence-corrected chi connectivity index (χ0v) is 12.0. The van der Waals surface area contributed by atoms with Crippen LogP contribution in [0.3, 0.4) is 0 Å². The molecule has 2 atom stereocenters. The standard InChI is InChI=1S/C12H17N3O3S/c1-4-5-6-14-15-11(19-6)13-9(16)7-8(10(17)18)12(7,2)3/h7-8H,4-5H2,1-3H3,(H,17,18)(H,13,15,16)/t7-,8+/m0/s1. The summed E-state index contributed by atoms with van der Waals surface area (Å²) in [6.07, 6.45) is 1.81. The van der Waals surface area contributed by atoms with Gasteiger partial charge in [-0.3, -0.25) is 9.59 Å². The zero-order chi connectivity index (χ0) is 14.2. The molecule has 0 aromatic carbocycles. The van der Waals surface area contributed by atoms with E-state index in [-0.39, 0.29) is 5.91 Å². The molecule has 2 N–H and O–H groups in total. The smallest absolute Gasteiger partial charge is 0.307 e. The molecule has 0 saturated heterocycles. The van der Waals surface area contributed by atoms with Crippen molar-refractivity contribution in [3.05, 3.63) is 5.01 Å². The Morgan fingerprint density at radius 3 is 2.58 bits per heavy atom. The van der Waals surface area contributed by atoms with E-state index >= 15 is 0 Å². The molecule has 7 heteroatoms. The van der Waals surface area contributed by atoms with Gasteiger partial charge < -0.3 is 10.4 Å². The molecular formula is C12H17N3O3S. The molecule has 6 nitrogen and oxygen atoms in total. The lowest BCUT2D eigenvalue weighted by molar-refractivity contribution is -0.140. The molecule has 1 aromatic rings. The molecule has 19 heavy (non-hydrogen) atoms. The lowest BCUT2D eigenvalue weighted by Crippen LogP contribution is -2.17. The van der Waals surface area contributed by atoms with Crippen LogP contribution in [-0.2, 0) is 16.0 Å². The Morgan fingerprint density at radius 1 is 1.37 bits per heavy atom. The number of aromatic nitrogens is 2. The summed E-state index contributed by atoms with van der Waals surface area (Å²) >= 11 is 1.34. The van der Waals surface area contributed by atoms with Crippen LogP contribution in [0.25, 0.3) is 0 Å². The number of carbonyl (C=O) groups is 2. The first-order chi connectivity index (χ1) is 8.87. The molecular weight excluding hydrogens is 266 g/mol. The van der Waals surface area contributed by atoms with Gasteiger partial charge in [-0.1, -0.05) is 32.1 Å². The van der Waals surface area contributed by atoms with Crippen LogP contribution < -0.4 is 5.32 Å². The molecule has 1 aromatic heterocycles. The maximum absolute atomic E-state index is 12.0. The third-order valence-electron chi connectivity index (χ3n) is 3.54. The first-order valence-electron chi connectivity index (χ1n) is 6.24. The van der Waals surface area contributed by atoms with Crippen molar-refractivity contribution in [1.29, 1.82) is 0 Å². The van der Waals surface area contributed by atoms with Gasteiger partial charge in [0.2, 0.25) is 11.0 Å². The Balaban J connectivity index is 2.00. The fraction of sp³-hybridized carbons (Fsp3) is 0.667. The molecule has 1 fully saturated rings. The summed E-state index contributed by atoms with van der Waals surface area (Å²) in [5.41, 5.74) is -0.493. The van der Waals surface area contributed by atoms with Crippen LogP contribution in [0.4, 0.5) is 5.13 Å². The molecule has 0 aliphatic heterocycles. The molecule has 1 heterocycles. The van der Waals surface area contributed by atoms with Gasteiger partial charge in [-0.05, 0) is 11.8 Å². The largest absolute Gasteiger partial charge is 0.481 e. The summed E-state index contributed by atoms with van der Waals surface area (Å²) in [7, 11) is 0. The van der Waals surface area contributed by atoms with Gasteiger partial charge in [0, 0.05) is 6.42 Å². The minimum atomic E-state index is -0.922. The summed E-state index contributed by atoms with van der Waals surface area (Å²) in [6, 6.07) is 0. The Hall–Kier alpha value is -1.50. The molecule has 0 radical (unpaired) electrons. The van der Waals surface area contributed by atoms with Crippen LogP contribution in [0, 0.1) is 17.3 Å². The number of hydrogen-bond donors (Lipinski definition) is 2. The number of hydrogen-bond acceptors (Lipinski definition) is 5. The summed E-state index contributed by atoms with van der Waals surface area (Å²) in [6.45, 7) is 5.63. The molecule has 1 saturated carbocycles. The third-order valence-corrected chi connectivity index (χ3v) is 4.44. The summed E-state index contributed by atoms with van der Waals surface area (Å²) < 4.78 is 0. The van der Waals surface area contributed by atoms with E-state index in [0.29, 0.717) is 5.13 Å². The van der Waals surface area contributed by atoms with Crippen molar-refractivity contribution in [2.75, 3.05) is 5.32 Å². The Morgan fingerprint density at radius 2 is 2.05 bits per heavy atom. The van der Waals surface area contributed by atoms with E-state index in [0.717, 1.165) is 17.8 Å². The van der Waals surface area contributed by atoms with E-state index in [9.17, 15) is 9.59 Å². The van der Waals surface area contributed by atoms with Gasteiger partial charge in [0.25, 0.3) is 0 Å². The minimum absolute atomic E-state index is 0.281. The predicted octanol–water partition coefficient (Wildman–Crippen LogP) is 1.79. The maximum atomic E-state index is 12.0. The Labute approximate surface area is 115 Å². The highest BCUT2D eigenvalue weighted by Crippen LogP contribution is 2.58. The average molecular weight is 283 g/mol. The molecule has 1 aliphatic carbocycles. The number of aliphatic carboxylic acids is 1. The minimum Gasteiger partial charge on any atom is -0.481 e. The SMILES string of the molecule is CCCc1nnc(NC(=O)[C@@H]2[C@H](C(=O)O)C2(C)C)s1. The number of carbonyl (C=O) groups excluding carboxylic acids is 1. The average Bonchev–Trinajstić information content (AvgIpc) is 2.65. The normalized spacial score (nSPS) is 23.9. The predicted molar refractivity (Wildman–Crippen MR) is 70.9 cm³/mol. The van der Waals surface area contributed by atoms with Gasteiger partial charge in [0.15, 0.2) is 0 Å². The zero-order valence-electron chi connectivity index (χ0n) is 11.1. The number of anilines is 1. The van der Waals surface area contributed by atoms with Crippen molar-refractivity contribution in [2.24, 2.45) is 17.3 Å². The number of aryl methyl sites for hydroxylation is 1. The second-order valence-corrected chi connectivity index (χ2v) is 6.42. The lowest BCUT2D eigenvalue weighted by Gasteiger charge is -2.01. The summed E-state index contributed by atoms with van der Waals surface area (Å²) in [5.74, 6) is -2.32. The molecule has 0 bridgehead atoms. The molecule has 104 valence electrons. The van der Waals surface area contributed by atoms with Gasteiger partial charge in [-0.2, -0.15) is 0 Å². The van der Waals surface area contributed by atoms with Gasteiger partial charge in [-0.25, -0.2) is 0 Å². The highest BCUT2D eigenvalue weighted by molar-refractivity contribution is 7.15. The fourth-order valence-corrected chi connectivity index (χ4v) is 3.23. The Kier molecular flexibility index (Phi) is 3.58. The van der Waals surface area contributed by atoms with Gasteiger partial charge >= 0.3 is 5.97 Å². The highest BCUT2D eigenvalue weighted by Gasteiger charge is 2.66. The van der Waals surface area contributed by atoms with Crippen molar-refractivity contribution in [3.8, 4) is 0 Å². The van der Waals surface area contributed by atoms with E-state index in [2.05, 4.69) is 15.5 Å².